The molecule has 1 aromatic carbocycles. The molecule has 1 N–H and O–H groups in total. The number of carboxylic acid groups (broad SMARTS) is 1. The van der Waals surface area contributed by atoms with Crippen molar-refractivity contribution in [2.24, 2.45) is 0 Å². The lowest BCUT2D eigenvalue weighted by molar-refractivity contribution is -0.135. The number of benzene rings is 1. The van der Waals surface area contributed by atoms with E-state index >= 15 is 0 Å². The number of rotatable bonds is 7. The van der Waals surface area contributed by atoms with E-state index in [-0.39, 0.29) is 6.42 Å². The molecule has 0 unspecified atom stereocenters. The Morgan fingerprint density at radius 3 is 2.74 bits per heavy atom. The zero-order valence-electron chi connectivity index (χ0n) is 11.3. The molecule has 19 heavy (non-hydrogen) atoms. The summed E-state index contributed by atoms with van der Waals surface area (Å²) in [4.78, 5) is 10.7. The molecule has 104 valence electrons. The van der Waals surface area contributed by atoms with Crippen LogP contribution < -0.4 is 4.74 Å². The van der Waals surface area contributed by atoms with Crippen LogP contribution in [-0.2, 0) is 4.79 Å². The fourth-order valence-corrected chi connectivity index (χ4v) is 1.92. The van der Waals surface area contributed by atoms with Crippen molar-refractivity contribution in [3.63, 3.8) is 0 Å². The summed E-state index contributed by atoms with van der Waals surface area (Å²) in [5.74, 6) is -0.0891. The Balaban J connectivity index is 3.09. The Morgan fingerprint density at radius 1 is 1.42 bits per heavy atom. The maximum atomic E-state index is 10.7. The van der Waals surface area contributed by atoms with Crippen molar-refractivity contribution in [2.45, 2.75) is 33.1 Å². The normalized spacial score (nSPS) is 11.4. The van der Waals surface area contributed by atoms with Crippen molar-refractivity contribution in [1.82, 2.24) is 0 Å². The van der Waals surface area contributed by atoms with Crippen LogP contribution in [0.5, 0.6) is 5.75 Å². The van der Waals surface area contributed by atoms with Gasteiger partial charge in [0, 0.05) is 10.6 Å². The summed E-state index contributed by atoms with van der Waals surface area (Å²) in [6.45, 7) is 4.65. The van der Waals surface area contributed by atoms with Gasteiger partial charge in [0.05, 0.1) is 13.0 Å². The smallest absolute Gasteiger partial charge is 0.307 e. The fraction of sp³-hybridized carbons (Fsp3) is 0.400. The van der Waals surface area contributed by atoms with Gasteiger partial charge in [0.1, 0.15) is 5.75 Å². The number of halogens is 1. The van der Waals surface area contributed by atoms with Crippen molar-refractivity contribution in [1.29, 1.82) is 0 Å². The van der Waals surface area contributed by atoms with E-state index in [1.807, 2.05) is 26.0 Å². The molecule has 1 aromatic rings. The molecule has 0 aliphatic rings. The van der Waals surface area contributed by atoms with Crippen molar-refractivity contribution in [3.8, 4) is 5.75 Å². The van der Waals surface area contributed by atoms with E-state index in [1.54, 1.807) is 12.1 Å². The van der Waals surface area contributed by atoms with Crippen LogP contribution in [-0.4, -0.2) is 17.7 Å². The van der Waals surface area contributed by atoms with Gasteiger partial charge in [0.2, 0.25) is 0 Å². The molecule has 0 spiro atoms. The predicted octanol–water partition coefficient (Wildman–Crippen LogP) is 4.40. The second-order valence-electron chi connectivity index (χ2n) is 4.17. The summed E-state index contributed by atoms with van der Waals surface area (Å²) in [5.41, 5.74) is 1.82. The van der Waals surface area contributed by atoms with Crippen LogP contribution >= 0.6 is 11.6 Å². The third-order valence-corrected chi connectivity index (χ3v) is 2.89. The molecule has 0 saturated carbocycles. The summed E-state index contributed by atoms with van der Waals surface area (Å²) < 4.78 is 5.68. The molecule has 3 nitrogen and oxygen atoms in total. The number of hydrogen-bond donors (Lipinski definition) is 1. The third-order valence-electron chi connectivity index (χ3n) is 2.65. The Labute approximate surface area is 118 Å². The maximum absolute atomic E-state index is 10.7. The lowest BCUT2D eigenvalue weighted by atomic mass is 10.0. The minimum absolute atomic E-state index is 0.00288. The Morgan fingerprint density at radius 2 is 2.16 bits per heavy atom. The number of carbonyl (C=O) groups is 1. The highest BCUT2D eigenvalue weighted by molar-refractivity contribution is 6.30. The summed E-state index contributed by atoms with van der Waals surface area (Å²) in [6, 6.07) is 5.43. The monoisotopic (exact) mass is 282 g/mol. The number of hydrogen-bond acceptors (Lipinski definition) is 2. The van der Waals surface area contributed by atoms with Crippen molar-refractivity contribution in [3.05, 3.63) is 34.9 Å². The summed E-state index contributed by atoms with van der Waals surface area (Å²) >= 11 is 6.02. The first-order valence-electron chi connectivity index (χ1n) is 6.42. The van der Waals surface area contributed by atoms with Gasteiger partial charge in [0.25, 0.3) is 0 Å². The molecule has 0 aliphatic carbocycles. The molecule has 4 heteroatoms. The highest BCUT2D eigenvalue weighted by atomic mass is 35.5. The zero-order valence-corrected chi connectivity index (χ0v) is 12.0. The van der Waals surface area contributed by atoms with Gasteiger partial charge < -0.3 is 9.84 Å². The minimum atomic E-state index is -0.844. The number of allylic oxidation sites excluding steroid dienone is 1. The zero-order chi connectivity index (χ0) is 14.3. The Kier molecular flexibility index (Phi) is 6.43. The van der Waals surface area contributed by atoms with Gasteiger partial charge in [-0.1, -0.05) is 31.5 Å². The molecule has 0 heterocycles. The van der Waals surface area contributed by atoms with E-state index in [0.717, 1.165) is 29.7 Å². The van der Waals surface area contributed by atoms with Crippen molar-refractivity contribution in [2.75, 3.05) is 6.61 Å². The molecule has 0 aromatic heterocycles. The van der Waals surface area contributed by atoms with Crippen LogP contribution in [0.2, 0.25) is 5.02 Å². The van der Waals surface area contributed by atoms with Gasteiger partial charge in [0.15, 0.2) is 0 Å². The van der Waals surface area contributed by atoms with Gasteiger partial charge in [-0.15, -0.1) is 0 Å². The van der Waals surface area contributed by atoms with E-state index in [1.165, 1.54) is 0 Å². The van der Waals surface area contributed by atoms with E-state index < -0.39 is 5.97 Å². The molecule has 0 saturated heterocycles. The lowest BCUT2D eigenvalue weighted by Gasteiger charge is -2.13. The van der Waals surface area contributed by atoms with Gasteiger partial charge in [-0.3, -0.25) is 4.79 Å². The average Bonchev–Trinajstić information content (AvgIpc) is 2.38. The summed E-state index contributed by atoms with van der Waals surface area (Å²) in [7, 11) is 0. The molecule has 1 rings (SSSR count). The van der Waals surface area contributed by atoms with Crippen LogP contribution in [0.25, 0.3) is 5.57 Å². The SMILES string of the molecule is CCCOc1ccc(Cl)cc1/C(=C/CC(=O)O)CC. The third kappa shape index (κ3) is 4.95. The minimum Gasteiger partial charge on any atom is -0.493 e. The second-order valence-corrected chi connectivity index (χ2v) is 4.61. The van der Waals surface area contributed by atoms with E-state index in [2.05, 4.69) is 0 Å². The van der Waals surface area contributed by atoms with Gasteiger partial charge >= 0.3 is 5.97 Å². The van der Waals surface area contributed by atoms with E-state index in [4.69, 9.17) is 21.4 Å². The topological polar surface area (TPSA) is 46.5 Å². The molecule has 0 amide bonds. The van der Waals surface area contributed by atoms with Crippen molar-refractivity contribution >= 4 is 23.1 Å². The largest absolute Gasteiger partial charge is 0.493 e. The highest BCUT2D eigenvalue weighted by Crippen LogP contribution is 2.31. The number of ether oxygens (including phenoxy) is 1. The summed E-state index contributed by atoms with van der Waals surface area (Å²) in [6.07, 6.45) is 3.37. The quantitative estimate of drug-likeness (QED) is 0.806. The maximum Gasteiger partial charge on any atom is 0.307 e. The molecule has 0 atom stereocenters. The lowest BCUT2D eigenvalue weighted by Crippen LogP contribution is -1.99. The molecular formula is C15H19ClO3. The van der Waals surface area contributed by atoms with Crippen LogP contribution in [0.15, 0.2) is 24.3 Å². The second kappa shape index (κ2) is 7.85. The standard InChI is InChI=1S/C15H19ClO3/c1-3-9-19-14-7-6-12(16)10-13(14)11(4-2)5-8-15(17)18/h5-7,10H,3-4,8-9H2,1-2H3,(H,17,18)/b11-5+. The Bertz CT molecular complexity index is 466. The molecule has 0 fully saturated rings. The van der Waals surface area contributed by atoms with Crippen LogP contribution in [0.4, 0.5) is 0 Å². The van der Waals surface area contributed by atoms with E-state index in [9.17, 15) is 4.79 Å². The molecular weight excluding hydrogens is 264 g/mol. The van der Waals surface area contributed by atoms with Gasteiger partial charge in [-0.25, -0.2) is 0 Å². The first-order chi connectivity index (χ1) is 9.08. The molecule has 0 aliphatic heterocycles. The van der Waals surface area contributed by atoms with Gasteiger partial charge in [-0.05, 0) is 36.6 Å². The van der Waals surface area contributed by atoms with Crippen LogP contribution in [0.3, 0.4) is 0 Å². The van der Waals surface area contributed by atoms with Crippen molar-refractivity contribution < 1.29 is 14.6 Å². The first kappa shape index (κ1) is 15.6. The number of carboxylic acids is 1. The van der Waals surface area contributed by atoms with Crippen LogP contribution in [0.1, 0.15) is 38.7 Å². The highest BCUT2D eigenvalue weighted by Gasteiger charge is 2.09. The number of aliphatic carboxylic acids is 1. The fourth-order valence-electron chi connectivity index (χ4n) is 1.75. The average molecular weight is 283 g/mol. The Hall–Kier alpha value is -1.48. The first-order valence-corrected chi connectivity index (χ1v) is 6.79. The van der Waals surface area contributed by atoms with E-state index in [0.29, 0.717) is 11.6 Å². The van der Waals surface area contributed by atoms with Crippen LogP contribution in [0, 0.1) is 0 Å². The predicted molar refractivity (Wildman–Crippen MR) is 77.8 cm³/mol. The van der Waals surface area contributed by atoms with Gasteiger partial charge in [-0.2, -0.15) is 0 Å². The molecule has 0 radical (unpaired) electrons. The molecule has 0 bridgehead atoms. The summed E-state index contributed by atoms with van der Waals surface area (Å²) in [5, 5.41) is 9.39.